The Bertz CT molecular complexity index is 530. The van der Waals surface area contributed by atoms with Crippen molar-refractivity contribution in [3.63, 3.8) is 0 Å². The first-order chi connectivity index (χ1) is 9.78. The summed E-state index contributed by atoms with van der Waals surface area (Å²) in [5.74, 6) is 2.07. The van der Waals surface area contributed by atoms with Gasteiger partial charge in [-0.15, -0.1) is 0 Å². The van der Waals surface area contributed by atoms with E-state index in [1.165, 1.54) is 19.3 Å². The zero-order valence-corrected chi connectivity index (χ0v) is 12.0. The van der Waals surface area contributed by atoms with Crippen molar-refractivity contribution in [2.24, 2.45) is 11.8 Å². The lowest BCUT2D eigenvalue weighted by atomic mass is 9.96. The molecule has 2 N–H and O–H groups in total. The molecule has 108 valence electrons. The molecule has 3 rings (SSSR count). The Balaban J connectivity index is 1.62. The number of aliphatic hydroxyl groups is 1. The molecule has 3 unspecified atom stereocenters. The largest absolute Gasteiger partial charge is 0.459 e. The molecule has 0 spiro atoms. The van der Waals surface area contributed by atoms with E-state index in [0.717, 1.165) is 23.3 Å². The second kappa shape index (κ2) is 5.98. The minimum atomic E-state index is 0.211. The van der Waals surface area contributed by atoms with E-state index in [9.17, 15) is 5.11 Å². The average molecular weight is 273 g/mol. The summed E-state index contributed by atoms with van der Waals surface area (Å²) in [6, 6.07) is 10.4. The Labute approximate surface area is 120 Å². The first-order valence-electron chi connectivity index (χ1n) is 7.60. The third-order valence-corrected chi connectivity index (χ3v) is 4.61. The van der Waals surface area contributed by atoms with Gasteiger partial charge < -0.3 is 14.8 Å². The van der Waals surface area contributed by atoms with Crippen molar-refractivity contribution in [3.05, 3.63) is 36.1 Å². The molecule has 0 aliphatic heterocycles. The lowest BCUT2D eigenvalue weighted by Gasteiger charge is -2.20. The van der Waals surface area contributed by atoms with Crippen molar-refractivity contribution in [3.8, 4) is 0 Å². The van der Waals surface area contributed by atoms with E-state index in [2.05, 4.69) is 24.4 Å². The van der Waals surface area contributed by atoms with E-state index >= 15 is 0 Å². The second-order valence-corrected chi connectivity index (χ2v) is 5.95. The molecular weight excluding hydrogens is 250 g/mol. The summed E-state index contributed by atoms with van der Waals surface area (Å²) >= 11 is 0. The van der Waals surface area contributed by atoms with Gasteiger partial charge in [-0.1, -0.05) is 24.6 Å². The Kier molecular flexibility index (Phi) is 4.08. The Morgan fingerprint density at radius 2 is 2.10 bits per heavy atom. The number of para-hydroxylation sites is 1. The molecule has 1 saturated carbocycles. The summed E-state index contributed by atoms with van der Waals surface area (Å²) in [6.07, 6.45) is 3.64. The normalized spacial score (nSPS) is 24.3. The zero-order valence-electron chi connectivity index (χ0n) is 12.0. The number of hydrogen-bond donors (Lipinski definition) is 2. The van der Waals surface area contributed by atoms with Crippen molar-refractivity contribution in [2.75, 3.05) is 13.2 Å². The summed E-state index contributed by atoms with van der Waals surface area (Å²) in [4.78, 5) is 0. The van der Waals surface area contributed by atoms with Crippen molar-refractivity contribution >= 4 is 11.0 Å². The predicted octanol–water partition coefficient (Wildman–Crippen LogP) is 3.49. The smallest absolute Gasteiger partial charge is 0.134 e. The quantitative estimate of drug-likeness (QED) is 0.876. The molecule has 1 fully saturated rings. The molecule has 0 radical (unpaired) electrons. The fourth-order valence-corrected chi connectivity index (χ4v) is 3.27. The molecule has 0 amide bonds. The maximum atomic E-state index is 9.37. The minimum Gasteiger partial charge on any atom is -0.459 e. The highest BCUT2D eigenvalue weighted by Gasteiger charge is 2.26. The number of hydrogen-bond acceptors (Lipinski definition) is 3. The Hall–Kier alpha value is -1.32. The lowest BCUT2D eigenvalue weighted by molar-refractivity contribution is 0.190. The van der Waals surface area contributed by atoms with E-state index in [1.54, 1.807) is 0 Å². The Morgan fingerprint density at radius 3 is 2.90 bits per heavy atom. The monoisotopic (exact) mass is 273 g/mol. The second-order valence-electron chi connectivity index (χ2n) is 5.95. The molecule has 0 saturated heterocycles. The number of rotatable bonds is 5. The molecule has 1 aliphatic rings. The number of nitrogens with one attached hydrogen (secondary N) is 1. The minimum absolute atomic E-state index is 0.211. The molecule has 1 heterocycles. The zero-order chi connectivity index (χ0) is 13.9. The summed E-state index contributed by atoms with van der Waals surface area (Å²) in [5.41, 5.74) is 0.949. The molecule has 1 aliphatic carbocycles. The topological polar surface area (TPSA) is 45.4 Å². The van der Waals surface area contributed by atoms with Gasteiger partial charge >= 0.3 is 0 Å². The lowest BCUT2D eigenvalue weighted by Crippen LogP contribution is -2.28. The van der Waals surface area contributed by atoms with Crippen LogP contribution < -0.4 is 5.32 Å². The maximum Gasteiger partial charge on any atom is 0.134 e. The van der Waals surface area contributed by atoms with E-state index < -0.39 is 0 Å². The third-order valence-electron chi connectivity index (χ3n) is 4.61. The van der Waals surface area contributed by atoms with E-state index in [4.69, 9.17) is 4.42 Å². The van der Waals surface area contributed by atoms with Gasteiger partial charge in [0.2, 0.25) is 0 Å². The van der Waals surface area contributed by atoms with Crippen molar-refractivity contribution in [1.82, 2.24) is 5.32 Å². The van der Waals surface area contributed by atoms with Crippen molar-refractivity contribution in [1.29, 1.82) is 0 Å². The highest BCUT2D eigenvalue weighted by molar-refractivity contribution is 5.77. The van der Waals surface area contributed by atoms with E-state index in [-0.39, 0.29) is 6.04 Å². The molecule has 1 aromatic heterocycles. The first-order valence-corrected chi connectivity index (χ1v) is 7.60. The summed E-state index contributed by atoms with van der Waals surface area (Å²) in [5, 5.41) is 14.1. The van der Waals surface area contributed by atoms with Crippen LogP contribution in [-0.4, -0.2) is 18.3 Å². The molecule has 1 aromatic carbocycles. The molecule has 3 nitrogen and oxygen atoms in total. The molecule has 3 atom stereocenters. The van der Waals surface area contributed by atoms with Crippen LogP contribution in [0.2, 0.25) is 0 Å². The van der Waals surface area contributed by atoms with Crippen LogP contribution in [0, 0.1) is 11.8 Å². The molecule has 2 aromatic rings. The first kappa shape index (κ1) is 13.7. The fourth-order valence-electron chi connectivity index (χ4n) is 3.27. The standard InChI is InChI=1S/C17H23NO2/c1-12(18-10-14-6-4-7-15(14)11-19)17-9-13-5-2-3-8-16(13)20-17/h2-3,5,8-9,12,14-15,18-19H,4,6-7,10-11H2,1H3. The maximum absolute atomic E-state index is 9.37. The van der Waals surface area contributed by atoms with Crippen molar-refractivity contribution < 1.29 is 9.52 Å². The van der Waals surface area contributed by atoms with Gasteiger partial charge in [0.25, 0.3) is 0 Å². The van der Waals surface area contributed by atoms with Crippen LogP contribution in [0.3, 0.4) is 0 Å². The van der Waals surface area contributed by atoms with Gasteiger partial charge in [-0.25, -0.2) is 0 Å². The number of furan rings is 1. The Morgan fingerprint density at radius 1 is 1.30 bits per heavy atom. The van der Waals surface area contributed by atoms with Crippen LogP contribution in [0.5, 0.6) is 0 Å². The highest BCUT2D eigenvalue weighted by Crippen LogP contribution is 2.31. The number of aliphatic hydroxyl groups excluding tert-OH is 1. The van der Waals surface area contributed by atoms with Crippen molar-refractivity contribution in [2.45, 2.75) is 32.2 Å². The third kappa shape index (κ3) is 2.74. The summed E-state index contributed by atoms with van der Waals surface area (Å²) in [6.45, 7) is 3.43. The molecule has 3 heteroatoms. The number of benzene rings is 1. The van der Waals surface area contributed by atoms with Gasteiger partial charge in [-0.3, -0.25) is 0 Å². The highest BCUT2D eigenvalue weighted by atomic mass is 16.3. The van der Waals surface area contributed by atoms with E-state index in [1.807, 2.05) is 18.2 Å². The van der Waals surface area contributed by atoms with Gasteiger partial charge in [0.05, 0.1) is 6.04 Å². The van der Waals surface area contributed by atoms with Gasteiger partial charge in [0, 0.05) is 12.0 Å². The van der Waals surface area contributed by atoms with Crippen LogP contribution in [0.25, 0.3) is 11.0 Å². The van der Waals surface area contributed by atoms with E-state index in [0.29, 0.717) is 18.4 Å². The molecule has 20 heavy (non-hydrogen) atoms. The predicted molar refractivity (Wildman–Crippen MR) is 80.5 cm³/mol. The average Bonchev–Trinajstić information content (AvgIpc) is 3.10. The summed E-state index contributed by atoms with van der Waals surface area (Å²) in [7, 11) is 0. The van der Waals surface area contributed by atoms with Gasteiger partial charge in [-0.2, -0.15) is 0 Å². The van der Waals surface area contributed by atoms with Crippen LogP contribution in [0.1, 0.15) is 38.0 Å². The van der Waals surface area contributed by atoms with Crippen LogP contribution in [0.15, 0.2) is 34.7 Å². The van der Waals surface area contributed by atoms with Gasteiger partial charge in [0.15, 0.2) is 0 Å². The molecule has 0 bridgehead atoms. The number of fused-ring (bicyclic) bond motifs is 1. The van der Waals surface area contributed by atoms with Gasteiger partial charge in [-0.05, 0) is 50.3 Å². The fraction of sp³-hybridized carbons (Fsp3) is 0.529. The molecular formula is C17H23NO2. The van der Waals surface area contributed by atoms with Crippen LogP contribution >= 0.6 is 0 Å². The van der Waals surface area contributed by atoms with Gasteiger partial charge in [0.1, 0.15) is 11.3 Å². The summed E-state index contributed by atoms with van der Waals surface area (Å²) < 4.78 is 5.89. The SMILES string of the molecule is CC(NCC1CCCC1CO)c1cc2ccccc2o1. The van der Waals surface area contributed by atoms with Crippen LogP contribution in [0.4, 0.5) is 0 Å². The van der Waals surface area contributed by atoms with Crippen LogP contribution in [-0.2, 0) is 0 Å².